The van der Waals surface area contributed by atoms with E-state index in [0.29, 0.717) is 12.1 Å². The van der Waals surface area contributed by atoms with E-state index < -0.39 is 10.5 Å². The van der Waals surface area contributed by atoms with Gasteiger partial charge in [0, 0.05) is 36.4 Å². The number of nitrogens with zero attached hydrogens (tertiary/aromatic N) is 3. The van der Waals surface area contributed by atoms with Gasteiger partial charge >= 0.3 is 0 Å². The van der Waals surface area contributed by atoms with Crippen LogP contribution in [0, 0.1) is 10.1 Å². The summed E-state index contributed by atoms with van der Waals surface area (Å²) in [6.07, 6.45) is 3.23. The summed E-state index contributed by atoms with van der Waals surface area (Å²) < 4.78 is 0. The minimum absolute atomic E-state index is 0.0121. The van der Waals surface area contributed by atoms with Gasteiger partial charge in [-0.2, -0.15) is 0 Å². The molecule has 1 fully saturated rings. The Hall–Kier alpha value is -2.21. The smallest absolute Gasteiger partial charge is 0.295 e. The Labute approximate surface area is 122 Å². The Morgan fingerprint density at radius 2 is 2.24 bits per heavy atom. The van der Waals surface area contributed by atoms with Crippen LogP contribution in [0.25, 0.3) is 10.9 Å². The summed E-state index contributed by atoms with van der Waals surface area (Å²) in [5.41, 5.74) is 0.571. The number of hydrogen-bond donors (Lipinski definition) is 1. The Balaban J connectivity index is 2.12. The minimum atomic E-state index is -0.728. The van der Waals surface area contributed by atoms with Crippen LogP contribution in [0.2, 0.25) is 0 Å². The van der Waals surface area contributed by atoms with Gasteiger partial charge in [-0.05, 0) is 38.0 Å². The largest absolute Gasteiger partial charge is 0.388 e. The molecule has 1 atom stereocenters. The predicted molar refractivity (Wildman–Crippen MR) is 80.5 cm³/mol. The number of benzene rings is 1. The fourth-order valence-electron chi connectivity index (χ4n) is 2.99. The first-order chi connectivity index (χ1) is 9.98. The summed E-state index contributed by atoms with van der Waals surface area (Å²) in [7, 11) is 0. The lowest BCUT2D eigenvalue weighted by atomic mass is 9.94. The number of pyridine rings is 1. The maximum atomic E-state index is 11.1. The van der Waals surface area contributed by atoms with E-state index in [1.807, 2.05) is 13.0 Å². The van der Waals surface area contributed by atoms with E-state index in [4.69, 9.17) is 0 Å². The summed E-state index contributed by atoms with van der Waals surface area (Å²) in [5.74, 6) is 0. The van der Waals surface area contributed by atoms with Gasteiger partial charge in [-0.25, -0.2) is 4.98 Å². The molecule has 3 rings (SSSR count). The molecule has 1 saturated heterocycles. The highest BCUT2D eigenvalue weighted by Crippen LogP contribution is 2.34. The quantitative estimate of drug-likeness (QED) is 0.678. The number of hydrogen-bond acceptors (Lipinski definition) is 5. The number of piperidine rings is 1. The molecule has 1 aromatic heterocycles. The Bertz CT molecular complexity index is 700. The highest BCUT2D eigenvalue weighted by molar-refractivity contribution is 5.97. The van der Waals surface area contributed by atoms with Crippen LogP contribution < -0.4 is 4.90 Å². The molecular formula is C15H17N3O3. The lowest BCUT2D eigenvalue weighted by Crippen LogP contribution is -2.46. The first kappa shape index (κ1) is 13.8. The van der Waals surface area contributed by atoms with Crippen molar-refractivity contribution in [3.8, 4) is 0 Å². The average Bonchev–Trinajstić information content (AvgIpc) is 2.44. The van der Waals surface area contributed by atoms with Gasteiger partial charge in [-0.15, -0.1) is 0 Å². The van der Waals surface area contributed by atoms with Crippen LogP contribution in [-0.2, 0) is 0 Å². The number of nitro groups is 1. The van der Waals surface area contributed by atoms with Crippen molar-refractivity contribution in [2.45, 2.75) is 25.4 Å². The van der Waals surface area contributed by atoms with Gasteiger partial charge in [0.1, 0.15) is 5.52 Å². The highest BCUT2D eigenvalue weighted by Gasteiger charge is 2.30. The van der Waals surface area contributed by atoms with Crippen molar-refractivity contribution in [3.63, 3.8) is 0 Å². The highest BCUT2D eigenvalue weighted by atomic mass is 16.6. The molecule has 2 aromatic rings. The molecule has 6 nitrogen and oxygen atoms in total. The SMILES string of the molecule is CC1(O)CCCN(c2ccc([N+](=O)[O-])c3ncccc23)C1. The van der Waals surface area contributed by atoms with E-state index in [1.165, 1.54) is 6.07 Å². The summed E-state index contributed by atoms with van der Waals surface area (Å²) in [4.78, 5) is 17.0. The van der Waals surface area contributed by atoms with Crippen LogP contribution in [-0.4, -0.2) is 33.7 Å². The van der Waals surface area contributed by atoms with E-state index >= 15 is 0 Å². The second kappa shape index (κ2) is 4.96. The summed E-state index contributed by atoms with van der Waals surface area (Å²) in [6, 6.07) is 6.86. The van der Waals surface area contributed by atoms with Gasteiger partial charge < -0.3 is 10.0 Å². The molecule has 1 aliphatic heterocycles. The molecule has 0 saturated carbocycles. The number of β-amino-alcohol motifs (C(OH)–C–C–N with tert-alkyl or cyclic N) is 1. The third-order valence-electron chi connectivity index (χ3n) is 3.94. The zero-order chi connectivity index (χ0) is 15.0. The molecular weight excluding hydrogens is 270 g/mol. The number of fused-ring (bicyclic) bond motifs is 1. The van der Waals surface area contributed by atoms with Crippen LogP contribution in [0.1, 0.15) is 19.8 Å². The molecule has 1 aromatic carbocycles. The van der Waals surface area contributed by atoms with Crippen LogP contribution in [0.3, 0.4) is 0 Å². The van der Waals surface area contributed by atoms with Gasteiger partial charge in [-0.3, -0.25) is 10.1 Å². The van der Waals surface area contributed by atoms with Gasteiger partial charge in [0.2, 0.25) is 0 Å². The molecule has 21 heavy (non-hydrogen) atoms. The lowest BCUT2D eigenvalue weighted by molar-refractivity contribution is -0.383. The van der Waals surface area contributed by atoms with E-state index in [0.717, 1.165) is 30.5 Å². The number of non-ortho nitro benzene ring substituents is 1. The second-order valence-corrected chi connectivity index (χ2v) is 5.78. The topological polar surface area (TPSA) is 79.5 Å². The summed E-state index contributed by atoms with van der Waals surface area (Å²) >= 11 is 0. The second-order valence-electron chi connectivity index (χ2n) is 5.78. The van der Waals surface area contributed by atoms with E-state index in [1.54, 1.807) is 18.3 Å². The monoisotopic (exact) mass is 287 g/mol. The standard InChI is InChI=1S/C15H17N3O3/c1-15(19)7-3-9-17(10-15)12-5-6-13(18(20)21)14-11(12)4-2-8-16-14/h2,4-6,8,19H,3,7,9-10H2,1H3. The molecule has 0 radical (unpaired) electrons. The molecule has 2 heterocycles. The Morgan fingerprint density at radius 1 is 1.43 bits per heavy atom. The lowest BCUT2D eigenvalue weighted by Gasteiger charge is -2.38. The zero-order valence-electron chi connectivity index (χ0n) is 11.8. The van der Waals surface area contributed by atoms with Crippen LogP contribution in [0.4, 0.5) is 11.4 Å². The van der Waals surface area contributed by atoms with Crippen molar-refractivity contribution >= 4 is 22.3 Å². The average molecular weight is 287 g/mol. The van der Waals surface area contributed by atoms with Crippen molar-refractivity contribution < 1.29 is 10.0 Å². The van der Waals surface area contributed by atoms with Gasteiger partial charge in [0.05, 0.1) is 10.5 Å². The number of aromatic nitrogens is 1. The third kappa shape index (κ3) is 2.54. The maximum absolute atomic E-state index is 11.1. The molecule has 0 amide bonds. The van der Waals surface area contributed by atoms with Gasteiger partial charge in [0.15, 0.2) is 0 Å². The van der Waals surface area contributed by atoms with Crippen molar-refractivity contribution in [1.29, 1.82) is 0 Å². The Kier molecular flexibility index (Phi) is 3.25. The molecule has 6 heteroatoms. The minimum Gasteiger partial charge on any atom is -0.388 e. The maximum Gasteiger partial charge on any atom is 0.295 e. The van der Waals surface area contributed by atoms with Crippen molar-refractivity contribution in [3.05, 3.63) is 40.6 Å². The molecule has 1 aliphatic rings. The number of aliphatic hydroxyl groups is 1. The van der Waals surface area contributed by atoms with E-state index in [-0.39, 0.29) is 5.69 Å². The van der Waals surface area contributed by atoms with Crippen molar-refractivity contribution in [2.75, 3.05) is 18.0 Å². The molecule has 110 valence electrons. The number of anilines is 1. The van der Waals surface area contributed by atoms with E-state index in [9.17, 15) is 15.2 Å². The Morgan fingerprint density at radius 3 is 2.95 bits per heavy atom. The fourth-order valence-corrected chi connectivity index (χ4v) is 2.99. The molecule has 1 unspecified atom stereocenters. The van der Waals surface area contributed by atoms with E-state index in [2.05, 4.69) is 9.88 Å². The van der Waals surface area contributed by atoms with Crippen molar-refractivity contribution in [1.82, 2.24) is 4.98 Å². The molecule has 0 bridgehead atoms. The van der Waals surface area contributed by atoms with Gasteiger partial charge in [0.25, 0.3) is 5.69 Å². The first-order valence-corrected chi connectivity index (χ1v) is 6.97. The van der Waals surface area contributed by atoms with Crippen molar-refractivity contribution in [2.24, 2.45) is 0 Å². The van der Waals surface area contributed by atoms with Gasteiger partial charge in [-0.1, -0.05) is 0 Å². The predicted octanol–water partition coefficient (Wildman–Crippen LogP) is 2.49. The molecule has 0 aliphatic carbocycles. The normalized spacial score (nSPS) is 22.5. The summed E-state index contributed by atoms with van der Waals surface area (Å²) in [5, 5.41) is 22.1. The molecule has 1 N–H and O–H groups in total. The number of nitro benzene ring substituents is 1. The summed E-state index contributed by atoms with van der Waals surface area (Å²) in [6.45, 7) is 3.18. The zero-order valence-corrected chi connectivity index (χ0v) is 11.8. The fraction of sp³-hybridized carbons (Fsp3) is 0.400. The van der Waals surface area contributed by atoms with Crippen LogP contribution >= 0.6 is 0 Å². The number of rotatable bonds is 2. The van der Waals surface area contributed by atoms with Crippen LogP contribution in [0.15, 0.2) is 30.5 Å². The first-order valence-electron chi connectivity index (χ1n) is 6.97. The third-order valence-corrected chi connectivity index (χ3v) is 3.94. The molecule has 0 spiro atoms. The van der Waals surface area contributed by atoms with Crippen LogP contribution in [0.5, 0.6) is 0 Å².